The van der Waals surface area contributed by atoms with Crippen molar-refractivity contribution in [1.29, 1.82) is 0 Å². The lowest BCUT2D eigenvalue weighted by Gasteiger charge is -2.09. The van der Waals surface area contributed by atoms with Gasteiger partial charge in [-0.25, -0.2) is 9.97 Å². The second-order valence-electron chi connectivity index (χ2n) is 6.29. The van der Waals surface area contributed by atoms with Crippen LogP contribution in [0.4, 0.5) is 11.6 Å². The average Bonchev–Trinajstić information content (AvgIpc) is 2.74. The summed E-state index contributed by atoms with van der Waals surface area (Å²) in [5.74, 6) is 1.65. The van der Waals surface area contributed by atoms with Gasteiger partial charge in [-0.2, -0.15) is 0 Å². The summed E-state index contributed by atoms with van der Waals surface area (Å²) in [4.78, 5) is 20.9. The van der Waals surface area contributed by atoms with Crippen LogP contribution in [-0.4, -0.2) is 22.4 Å². The Hall–Kier alpha value is -3.41. The minimum absolute atomic E-state index is 0.282. The number of benzene rings is 2. The van der Waals surface area contributed by atoms with E-state index in [-0.39, 0.29) is 5.91 Å². The second-order valence-corrected chi connectivity index (χ2v) is 6.29. The standard InChI is InChI=1S/C22H24N4O2/c1-2-3-7-15-23-22-24-16-14-20(26-22)21(27)25-17-10-12-19(13-11-17)28-18-8-5-4-6-9-18/h4-6,8-14,16H,2-3,7,15H2,1H3,(H,25,27)(H,23,24,26). The lowest BCUT2D eigenvalue weighted by atomic mass is 10.2. The van der Waals surface area contributed by atoms with Gasteiger partial charge >= 0.3 is 0 Å². The van der Waals surface area contributed by atoms with E-state index in [9.17, 15) is 4.79 Å². The highest BCUT2D eigenvalue weighted by Gasteiger charge is 2.09. The number of unbranched alkanes of at least 4 members (excludes halogenated alkanes) is 2. The molecule has 0 aliphatic rings. The highest BCUT2D eigenvalue weighted by molar-refractivity contribution is 6.02. The van der Waals surface area contributed by atoms with Crippen LogP contribution in [0, 0.1) is 0 Å². The van der Waals surface area contributed by atoms with Crippen molar-refractivity contribution in [2.45, 2.75) is 26.2 Å². The highest BCUT2D eigenvalue weighted by Crippen LogP contribution is 2.22. The van der Waals surface area contributed by atoms with Crippen LogP contribution >= 0.6 is 0 Å². The van der Waals surface area contributed by atoms with E-state index in [1.807, 2.05) is 42.5 Å². The molecular formula is C22H24N4O2. The lowest BCUT2D eigenvalue weighted by molar-refractivity contribution is 0.102. The fourth-order valence-electron chi connectivity index (χ4n) is 2.57. The molecule has 1 amide bonds. The van der Waals surface area contributed by atoms with Crippen molar-refractivity contribution < 1.29 is 9.53 Å². The molecule has 0 unspecified atom stereocenters. The number of carbonyl (C=O) groups excluding carboxylic acids is 1. The monoisotopic (exact) mass is 376 g/mol. The quantitative estimate of drug-likeness (QED) is 0.507. The van der Waals surface area contributed by atoms with Gasteiger partial charge in [-0.05, 0) is 48.9 Å². The van der Waals surface area contributed by atoms with Crippen molar-refractivity contribution >= 4 is 17.5 Å². The summed E-state index contributed by atoms with van der Waals surface area (Å²) < 4.78 is 5.75. The van der Waals surface area contributed by atoms with Crippen molar-refractivity contribution in [1.82, 2.24) is 9.97 Å². The number of aromatic nitrogens is 2. The molecule has 2 aromatic carbocycles. The Morgan fingerprint density at radius 3 is 2.46 bits per heavy atom. The van der Waals surface area contributed by atoms with Crippen LogP contribution in [-0.2, 0) is 0 Å². The number of ether oxygens (including phenoxy) is 1. The van der Waals surface area contributed by atoms with Gasteiger partial charge in [-0.3, -0.25) is 4.79 Å². The molecule has 0 aliphatic heterocycles. The van der Waals surface area contributed by atoms with E-state index in [0.717, 1.165) is 31.6 Å². The molecule has 0 radical (unpaired) electrons. The molecule has 0 fully saturated rings. The Morgan fingerprint density at radius 2 is 1.71 bits per heavy atom. The largest absolute Gasteiger partial charge is 0.457 e. The molecule has 6 nitrogen and oxygen atoms in total. The number of para-hydroxylation sites is 1. The number of hydrogen-bond donors (Lipinski definition) is 2. The molecule has 3 aromatic rings. The predicted octanol–water partition coefficient (Wildman–Crippen LogP) is 5.12. The van der Waals surface area contributed by atoms with Crippen molar-refractivity contribution in [3.05, 3.63) is 72.6 Å². The molecule has 144 valence electrons. The van der Waals surface area contributed by atoms with Gasteiger partial charge in [0.25, 0.3) is 5.91 Å². The zero-order valence-electron chi connectivity index (χ0n) is 15.9. The number of carbonyl (C=O) groups is 1. The van der Waals surface area contributed by atoms with Crippen LogP contribution in [0.3, 0.4) is 0 Å². The van der Waals surface area contributed by atoms with Crippen LogP contribution < -0.4 is 15.4 Å². The first-order valence-corrected chi connectivity index (χ1v) is 9.46. The van der Waals surface area contributed by atoms with Gasteiger partial charge in [-0.1, -0.05) is 38.0 Å². The molecule has 28 heavy (non-hydrogen) atoms. The van der Waals surface area contributed by atoms with E-state index in [4.69, 9.17) is 4.74 Å². The summed E-state index contributed by atoms with van der Waals surface area (Å²) >= 11 is 0. The number of anilines is 2. The predicted molar refractivity (Wildman–Crippen MR) is 111 cm³/mol. The number of amides is 1. The summed E-state index contributed by atoms with van der Waals surface area (Å²) in [5, 5.41) is 5.99. The minimum atomic E-state index is -0.282. The third kappa shape index (κ3) is 5.81. The van der Waals surface area contributed by atoms with Crippen molar-refractivity contribution in [2.75, 3.05) is 17.2 Å². The Labute approximate surface area is 165 Å². The van der Waals surface area contributed by atoms with Crippen LogP contribution in [0.5, 0.6) is 11.5 Å². The summed E-state index contributed by atoms with van der Waals surface area (Å²) in [7, 11) is 0. The Bertz CT molecular complexity index is 883. The van der Waals surface area contributed by atoms with E-state index in [2.05, 4.69) is 27.5 Å². The molecule has 6 heteroatoms. The number of hydrogen-bond acceptors (Lipinski definition) is 5. The number of nitrogens with one attached hydrogen (secondary N) is 2. The fraction of sp³-hybridized carbons (Fsp3) is 0.227. The fourth-order valence-corrected chi connectivity index (χ4v) is 2.57. The van der Waals surface area contributed by atoms with Gasteiger partial charge < -0.3 is 15.4 Å². The molecular weight excluding hydrogens is 352 g/mol. The van der Waals surface area contributed by atoms with Crippen LogP contribution in [0.15, 0.2) is 66.9 Å². The van der Waals surface area contributed by atoms with E-state index >= 15 is 0 Å². The molecule has 0 saturated carbocycles. The smallest absolute Gasteiger partial charge is 0.274 e. The molecule has 0 atom stereocenters. The second kappa shape index (κ2) is 10.1. The van der Waals surface area contributed by atoms with Gasteiger partial charge in [0.2, 0.25) is 5.95 Å². The SMILES string of the molecule is CCCCCNc1nccc(C(=O)Nc2ccc(Oc3ccccc3)cc2)n1. The van der Waals surface area contributed by atoms with Gasteiger partial charge in [0.1, 0.15) is 17.2 Å². The maximum absolute atomic E-state index is 12.5. The molecule has 0 bridgehead atoms. The molecule has 1 aromatic heterocycles. The van der Waals surface area contributed by atoms with Crippen LogP contribution in [0.1, 0.15) is 36.7 Å². The van der Waals surface area contributed by atoms with Gasteiger partial charge in [-0.15, -0.1) is 0 Å². The number of rotatable bonds is 9. The Morgan fingerprint density at radius 1 is 0.964 bits per heavy atom. The summed E-state index contributed by atoms with van der Waals surface area (Å²) in [6, 6.07) is 18.3. The minimum Gasteiger partial charge on any atom is -0.457 e. The zero-order valence-corrected chi connectivity index (χ0v) is 15.9. The maximum Gasteiger partial charge on any atom is 0.274 e. The van der Waals surface area contributed by atoms with Crippen LogP contribution in [0.25, 0.3) is 0 Å². The number of nitrogens with zero attached hydrogens (tertiary/aromatic N) is 2. The first kappa shape index (κ1) is 19.4. The zero-order chi connectivity index (χ0) is 19.6. The van der Waals surface area contributed by atoms with Crippen molar-refractivity contribution in [2.24, 2.45) is 0 Å². The maximum atomic E-state index is 12.5. The third-order valence-corrected chi connectivity index (χ3v) is 4.04. The highest BCUT2D eigenvalue weighted by atomic mass is 16.5. The van der Waals surface area contributed by atoms with Gasteiger partial charge in [0.15, 0.2) is 0 Å². The topological polar surface area (TPSA) is 76.1 Å². The lowest BCUT2D eigenvalue weighted by Crippen LogP contribution is -2.15. The Kier molecular flexibility index (Phi) is 6.95. The molecule has 0 spiro atoms. The normalized spacial score (nSPS) is 10.3. The first-order chi connectivity index (χ1) is 13.7. The van der Waals surface area contributed by atoms with Gasteiger partial charge in [0, 0.05) is 18.4 Å². The van der Waals surface area contributed by atoms with Crippen molar-refractivity contribution in [3.63, 3.8) is 0 Å². The van der Waals surface area contributed by atoms with Crippen LogP contribution in [0.2, 0.25) is 0 Å². The third-order valence-electron chi connectivity index (χ3n) is 4.04. The Balaban J connectivity index is 1.57. The first-order valence-electron chi connectivity index (χ1n) is 9.46. The molecule has 2 N–H and O–H groups in total. The molecule has 3 rings (SSSR count). The summed E-state index contributed by atoms with van der Waals surface area (Å²) in [6.45, 7) is 2.95. The summed E-state index contributed by atoms with van der Waals surface area (Å²) in [6.07, 6.45) is 4.94. The van der Waals surface area contributed by atoms with E-state index in [1.54, 1.807) is 24.4 Å². The average molecular weight is 376 g/mol. The molecule has 1 heterocycles. The molecule has 0 aliphatic carbocycles. The van der Waals surface area contributed by atoms with E-state index in [0.29, 0.717) is 23.1 Å². The van der Waals surface area contributed by atoms with E-state index in [1.165, 1.54) is 0 Å². The van der Waals surface area contributed by atoms with Crippen molar-refractivity contribution in [3.8, 4) is 11.5 Å². The summed E-state index contributed by atoms with van der Waals surface area (Å²) in [5.41, 5.74) is 0.985. The van der Waals surface area contributed by atoms with E-state index < -0.39 is 0 Å². The van der Waals surface area contributed by atoms with Gasteiger partial charge in [0.05, 0.1) is 0 Å². The molecule has 0 saturated heterocycles.